The number of carbonyl (C=O) groups excluding carboxylic acids is 2. The third kappa shape index (κ3) is 10.2. The summed E-state index contributed by atoms with van der Waals surface area (Å²) in [4.78, 5) is 37.0. The maximum atomic E-state index is 14.1. The molecule has 1 saturated carbocycles. The number of allylic oxidation sites excluding steroid dienone is 1. The lowest BCUT2D eigenvalue weighted by atomic mass is 9.75. The number of carbonyl (C=O) groups is 2. The molecule has 8 rings (SSSR count). The van der Waals surface area contributed by atoms with Gasteiger partial charge in [0.25, 0.3) is 0 Å². The summed E-state index contributed by atoms with van der Waals surface area (Å²) in [6, 6.07) is 5.88. The molecule has 0 unspecified atom stereocenters. The van der Waals surface area contributed by atoms with Crippen molar-refractivity contribution in [3.05, 3.63) is 58.8 Å². The smallest absolute Gasteiger partial charge is 0.302 e. The van der Waals surface area contributed by atoms with Crippen LogP contribution in [0.25, 0.3) is 0 Å². The first kappa shape index (κ1) is 41.5. The number of pyridine rings is 1. The molecule has 14 heteroatoms. The van der Waals surface area contributed by atoms with Gasteiger partial charge in [-0.25, -0.2) is 9.98 Å². The van der Waals surface area contributed by atoms with E-state index in [2.05, 4.69) is 33.5 Å². The summed E-state index contributed by atoms with van der Waals surface area (Å²) in [6.07, 6.45) is 17.0. The Labute approximate surface area is 344 Å². The van der Waals surface area contributed by atoms with Gasteiger partial charge in [-0.1, -0.05) is 46.9 Å². The van der Waals surface area contributed by atoms with Gasteiger partial charge in [0.05, 0.1) is 12.0 Å². The molecule has 7 N–H and O–H groups in total. The number of phenols is 1. The number of phenolic OH excluding ortho intramolecular Hbond substituents is 1. The van der Waals surface area contributed by atoms with Crippen molar-refractivity contribution < 1.29 is 29.3 Å². The number of nitrogen functional groups attached to an aromatic ring is 1. The first-order chi connectivity index (χ1) is 27.5. The summed E-state index contributed by atoms with van der Waals surface area (Å²) in [5.41, 5.74) is 15.2. The highest BCUT2D eigenvalue weighted by Crippen LogP contribution is 2.57. The van der Waals surface area contributed by atoms with E-state index in [4.69, 9.17) is 20.9 Å². The van der Waals surface area contributed by atoms with Crippen molar-refractivity contribution in [1.29, 1.82) is 0 Å². The van der Waals surface area contributed by atoms with E-state index in [1.165, 1.54) is 6.92 Å². The van der Waals surface area contributed by atoms with Crippen molar-refractivity contribution in [2.75, 3.05) is 30.5 Å². The van der Waals surface area contributed by atoms with E-state index in [1.54, 1.807) is 27.8 Å². The van der Waals surface area contributed by atoms with Crippen molar-refractivity contribution in [2.45, 2.75) is 134 Å². The number of fused-ring (bicyclic) bond motifs is 4. The average Bonchev–Trinajstić information content (AvgIpc) is 3.61. The van der Waals surface area contributed by atoms with Crippen molar-refractivity contribution in [2.24, 2.45) is 22.1 Å². The maximum absolute atomic E-state index is 14.1. The molecule has 1 amide bonds. The molecular weight excluding hydrogens is 761 g/mol. The van der Waals surface area contributed by atoms with E-state index in [9.17, 15) is 19.8 Å². The van der Waals surface area contributed by atoms with Gasteiger partial charge in [-0.15, -0.1) is 0 Å². The van der Waals surface area contributed by atoms with Crippen molar-refractivity contribution in [1.82, 2.24) is 15.2 Å². The number of aromatic nitrogens is 1. The number of aliphatic imine (C=N–C) groups is 1. The predicted octanol–water partition coefficient (Wildman–Crippen LogP) is 6.52. The van der Waals surface area contributed by atoms with Gasteiger partial charge in [-0.2, -0.15) is 0 Å². The Bertz CT molecular complexity index is 1830. The minimum atomic E-state index is -0.576. The summed E-state index contributed by atoms with van der Waals surface area (Å²) in [6.45, 7) is 2.68. The van der Waals surface area contributed by atoms with Crippen LogP contribution in [0.4, 0.5) is 5.82 Å². The predicted molar refractivity (Wildman–Crippen MR) is 227 cm³/mol. The molecule has 57 heavy (non-hydrogen) atoms. The van der Waals surface area contributed by atoms with Gasteiger partial charge in [0.1, 0.15) is 17.5 Å². The van der Waals surface area contributed by atoms with Gasteiger partial charge < -0.3 is 41.4 Å². The third-order valence-corrected chi connectivity index (χ3v) is 14.9. The lowest BCUT2D eigenvalue weighted by molar-refractivity contribution is -0.148. The minimum Gasteiger partial charge on any atom is -0.504 e. The number of guanidine groups is 1. The van der Waals surface area contributed by atoms with Gasteiger partial charge in [0.2, 0.25) is 5.91 Å². The first-order valence-corrected chi connectivity index (χ1v) is 23.4. The zero-order valence-electron chi connectivity index (χ0n) is 33.3. The van der Waals surface area contributed by atoms with E-state index in [-0.39, 0.29) is 30.1 Å². The van der Waals surface area contributed by atoms with Crippen LogP contribution in [0, 0.1) is 11.3 Å². The molecule has 2 aromatic rings. The highest BCUT2D eigenvalue weighted by atomic mass is 33.1. The number of nitrogens with two attached hydrogens (primary N) is 2. The number of hydrogen-bond acceptors (Lipinski definition) is 13. The second-order valence-corrected chi connectivity index (χ2v) is 19.5. The Morgan fingerprint density at radius 2 is 1.95 bits per heavy atom. The molecule has 2 aliphatic carbocycles. The van der Waals surface area contributed by atoms with Gasteiger partial charge in [-0.05, 0) is 99.6 Å². The molecule has 0 radical (unpaired) electrons. The van der Waals surface area contributed by atoms with Crippen LogP contribution in [-0.4, -0.2) is 80.5 Å². The number of anilines is 1. The van der Waals surface area contributed by atoms with E-state index in [0.29, 0.717) is 92.9 Å². The molecule has 1 spiro atoms. The normalized spacial score (nSPS) is 30.3. The number of aliphatic hydroxyl groups excluding tert-OH is 1. The highest BCUT2D eigenvalue weighted by molar-refractivity contribution is 8.76. The second-order valence-electron chi connectivity index (χ2n) is 17.0. The molecule has 5 heterocycles. The quantitative estimate of drug-likeness (QED) is 0.129. The topological polar surface area (TPSA) is 186 Å². The number of rotatable bonds is 3. The minimum absolute atomic E-state index is 0.0151. The monoisotopic (exact) mass is 820 g/mol. The number of hydrogen-bond donors (Lipinski definition) is 5. The maximum Gasteiger partial charge on any atom is 0.302 e. The summed E-state index contributed by atoms with van der Waals surface area (Å²) >= 11 is 0. The van der Waals surface area contributed by atoms with E-state index < -0.39 is 23.2 Å². The number of esters is 1. The van der Waals surface area contributed by atoms with Crippen LogP contribution in [0.2, 0.25) is 0 Å². The third-order valence-electron chi connectivity index (χ3n) is 12.7. The number of aromatic hydroxyl groups is 1. The average molecular weight is 821 g/mol. The summed E-state index contributed by atoms with van der Waals surface area (Å²) < 4.78 is 12.8. The number of ether oxygens (including phenoxy) is 2. The Kier molecular flexibility index (Phi) is 13.5. The Morgan fingerprint density at radius 1 is 1.09 bits per heavy atom. The number of nitrogens with zero attached hydrogens (tertiary/aromatic N) is 3. The number of amides is 1. The van der Waals surface area contributed by atoms with Crippen LogP contribution in [0.1, 0.15) is 119 Å². The Balaban J connectivity index is 1.21. The molecule has 1 aromatic carbocycles. The zero-order chi connectivity index (χ0) is 40.0. The van der Waals surface area contributed by atoms with Crippen LogP contribution in [0.3, 0.4) is 0 Å². The van der Waals surface area contributed by atoms with Gasteiger partial charge >= 0.3 is 5.97 Å². The fourth-order valence-electron chi connectivity index (χ4n) is 10.00. The SMILES string of the molecule is CC(=O)O[C@@H]1CCc2cc(c(O)c3c2[C@H]2C=C[C@@]4(CCC[C@H]4C2)O3)CN2C[C@](Cc3ccnc(N)c3)(CCNC(N)=NCSSCCCCCC[C@H](O)C1)CC2=O. The van der Waals surface area contributed by atoms with E-state index in [0.717, 1.165) is 73.8 Å². The number of nitrogens with one attached hydrogen (secondary N) is 1. The van der Waals surface area contributed by atoms with Gasteiger partial charge in [0, 0.05) is 79.7 Å². The lowest BCUT2D eigenvalue weighted by Gasteiger charge is -2.34. The fourth-order valence-corrected chi connectivity index (χ4v) is 11.8. The van der Waals surface area contributed by atoms with Gasteiger partial charge in [0.15, 0.2) is 17.5 Å². The van der Waals surface area contributed by atoms with Gasteiger partial charge in [-0.3, -0.25) is 9.59 Å². The van der Waals surface area contributed by atoms with Crippen LogP contribution in [0.15, 0.2) is 41.5 Å². The molecule has 6 bridgehead atoms. The van der Waals surface area contributed by atoms with Crippen molar-refractivity contribution in [3.63, 3.8) is 0 Å². The van der Waals surface area contributed by atoms with Crippen molar-refractivity contribution >= 4 is 45.2 Å². The molecule has 310 valence electrons. The molecule has 6 aliphatic rings. The molecule has 12 nitrogen and oxygen atoms in total. The summed E-state index contributed by atoms with van der Waals surface area (Å²) in [5, 5.41) is 26.5. The molecule has 1 saturated heterocycles. The largest absolute Gasteiger partial charge is 0.504 e. The summed E-state index contributed by atoms with van der Waals surface area (Å²) in [7, 11) is 3.46. The molecule has 4 aliphatic heterocycles. The second kappa shape index (κ2) is 18.5. The van der Waals surface area contributed by atoms with Crippen LogP contribution in [-0.2, 0) is 33.7 Å². The van der Waals surface area contributed by atoms with Crippen molar-refractivity contribution in [3.8, 4) is 11.5 Å². The Morgan fingerprint density at radius 3 is 2.79 bits per heavy atom. The van der Waals surface area contributed by atoms with Crippen LogP contribution in [0.5, 0.6) is 11.5 Å². The molecular formula is C43H60N6O6S2. The van der Waals surface area contributed by atoms with Crippen LogP contribution < -0.4 is 21.5 Å². The molecule has 1 aromatic heterocycles. The number of benzene rings is 1. The standard InChI is InChI=1S/C43H60N6O6S2/c1-28(50)54-35-10-9-30-20-32(39(53)40-38(30)31-11-14-43(55-40)13-6-7-33(43)21-31)25-49-26-42(24-37(49)52,23-29-12-16-46-36(44)19-29)15-17-47-41(45)48-27-57-56-18-5-3-2-4-8-34(51)22-35/h11-12,14,16,19-20,31,33-35,51,53H,2-10,13,15,17-18,21-27H2,1H3,(H2,44,46)(H3,45,47,48)/t31-,33-,34-,35+,42-,43+/m0/s1. The Hall–Kier alpha value is -3.62. The first-order valence-electron chi connectivity index (χ1n) is 20.9. The number of aryl methyl sites for hydroxylation is 1. The molecule has 2 fully saturated rings. The number of aliphatic hydroxyl groups is 1. The molecule has 6 atom stereocenters. The van der Waals surface area contributed by atoms with E-state index in [1.807, 2.05) is 17.0 Å². The zero-order valence-corrected chi connectivity index (χ0v) is 34.9. The van der Waals surface area contributed by atoms with Crippen LogP contribution >= 0.6 is 21.6 Å². The highest BCUT2D eigenvalue weighted by Gasteiger charge is 2.51. The lowest BCUT2D eigenvalue weighted by Crippen LogP contribution is -2.38. The van der Waals surface area contributed by atoms with E-state index >= 15 is 0 Å². The fraction of sp³-hybridized carbons (Fsp3) is 0.628. The summed E-state index contributed by atoms with van der Waals surface area (Å²) in [5.74, 6) is 3.12.